The molecule has 7 nitrogen and oxygen atoms in total. The Balaban J connectivity index is 2.21. The Bertz CT molecular complexity index is 939. The van der Waals surface area contributed by atoms with Gasteiger partial charge in [-0.1, -0.05) is 117 Å². The van der Waals surface area contributed by atoms with Crippen molar-refractivity contribution in [3.63, 3.8) is 0 Å². The first-order chi connectivity index (χ1) is 26.0. The van der Waals surface area contributed by atoms with Gasteiger partial charge in [0, 0.05) is 29.9 Å². The smallest absolute Gasteiger partial charge is 0.306 e. The molecule has 0 heterocycles. The molecule has 0 fully saturated rings. The van der Waals surface area contributed by atoms with Crippen molar-refractivity contribution in [2.75, 3.05) is 53.3 Å². The zero-order valence-corrected chi connectivity index (χ0v) is 36.2. The van der Waals surface area contributed by atoms with Crippen molar-refractivity contribution in [1.29, 1.82) is 0 Å². The standard InChI is InChI=1S/C45H84N2O5S/c1-6-8-10-12-16-22-29-40(30-23-17-13-11-9-7-2)52-45(48)31-24-18-14-19-25-33-47(35-28-32-46)34-26-20-15-21-27-36-53-39-42-43(50-4)37-41(49-3)38-44(42)51-5/h37-38,40H,6-36,39,46H2,1-5H3. The number of rotatable bonds is 39. The molecule has 0 saturated carbocycles. The second-order valence-electron chi connectivity index (χ2n) is 15.1. The maximum Gasteiger partial charge on any atom is 0.306 e. The lowest BCUT2D eigenvalue weighted by atomic mass is 10.0. The van der Waals surface area contributed by atoms with Crippen LogP contribution in [-0.4, -0.2) is 70.2 Å². The van der Waals surface area contributed by atoms with Crippen LogP contribution in [0.5, 0.6) is 17.2 Å². The van der Waals surface area contributed by atoms with E-state index in [9.17, 15) is 4.79 Å². The van der Waals surface area contributed by atoms with Crippen LogP contribution in [-0.2, 0) is 15.3 Å². The number of esters is 1. The molecule has 0 atom stereocenters. The fourth-order valence-electron chi connectivity index (χ4n) is 7.06. The van der Waals surface area contributed by atoms with E-state index in [2.05, 4.69) is 18.7 Å². The van der Waals surface area contributed by atoms with Gasteiger partial charge in [0.1, 0.15) is 23.4 Å². The lowest BCUT2D eigenvalue weighted by molar-refractivity contribution is -0.150. The molecule has 0 aliphatic heterocycles. The Morgan fingerprint density at radius 3 is 1.60 bits per heavy atom. The largest absolute Gasteiger partial charge is 0.496 e. The van der Waals surface area contributed by atoms with E-state index >= 15 is 0 Å². The van der Waals surface area contributed by atoms with Crippen molar-refractivity contribution in [2.24, 2.45) is 5.73 Å². The number of hydrogen-bond acceptors (Lipinski definition) is 8. The predicted molar refractivity (Wildman–Crippen MR) is 229 cm³/mol. The van der Waals surface area contributed by atoms with Crippen molar-refractivity contribution < 1.29 is 23.7 Å². The van der Waals surface area contributed by atoms with E-state index in [1.807, 2.05) is 23.9 Å². The monoisotopic (exact) mass is 765 g/mol. The summed E-state index contributed by atoms with van der Waals surface area (Å²) in [5, 5.41) is 0. The van der Waals surface area contributed by atoms with Crippen LogP contribution in [0.25, 0.3) is 0 Å². The van der Waals surface area contributed by atoms with Crippen LogP contribution >= 0.6 is 11.8 Å². The van der Waals surface area contributed by atoms with Crippen molar-refractivity contribution in [1.82, 2.24) is 4.90 Å². The summed E-state index contributed by atoms with van der Waals surface area (Å²) in [4.78, 5) is 15.4. The Morgan fingerprint density at radius 2 is 1.09 bits per heavy atom. The normalized spacial score (nSPS) is 11.5. The zero-order chi connectivity index (χ0) is 38.6. The van der Waals surface area contributed by atoms with Gasteiger partial charge in [0.15, 0.2) is 0 Å². The molecule has 0 amide bonds. The first-order valence-electron chi connectivity index (χ1n) is 22.0. The highest BCUT2D eigenvalue weighted by Gasteiger charge is 2.15. The minimum atomic E-state index is 0.0357. The average molecular weight is 765 g/mol. The summed E-state index contributed by atoms with van der Waals surface area (Å²) < 4.78 is 22.6. The van der Waals surface area contributed by atoms with Crippen molar-refractivity contribution in [2.45, 2.75) is 193 Å². The van der Waals surface area contributed by atoms with Crippen LogP contribution in [0.1, 0.15) is 186 Å². The highest BCUT2D eigenvalue weighted by Crippen LogP contribution is 2.36. The molecule has 8 heteroatoms. The van der Waals surface area contributed by atoms with Gasteiger partial charge in [0.25, 0.3) is 0 Å². The number of nitrogens with zero attached hydrogens (tertiary/aromatic N) is 1. The summed E-state index contributed by atoms with van der Waals surface area (Å²) in [5.41, 5.74) is 6.96. The van der Waals surface area contributed by atoms with Crippen LogP contribution in [0.15, 0.2) is 12.1 Å². The molecule has 1 aromatic carbocycles. The van der Waals surface area contributed by atoms with Crippen LogP contribution < -0.4 is 19.9 Å². The number of nitrogens with two attached hydrogens (primary N) is 1. The number of benzene rings is 1. The second-order valence-corrected chi connectivity index (χ2v) is 16.2. The second kappa shape index (κ2) is 36.0. The molecule has 53 heavy (non-hydrogen) atoms. The number of hydrogen-bond donors (Lipinski definition) is 1. The summed E-state index contributed by atoms with van der Waals surface area (Å²) in [5.74, 6) is 4.45. The Morgan fingerprint density at radius 1 is 0.623 bits per heavy atom. The molecule has 0 aliphatic rings. The van der Waals surface area contributed by atoms with Crippen molar-refractivity contribution >= 4 is 17.7 Å². The molecule has 0 aliphatic carbocycles. The highest BCUT2D eigenvalue weighted by atomic mass is 32.2. The van der Waals surface area contributed by atoms with Gasteiger partial charge in [0.05, 0.1) is 21.3 Å². The quantitative estimate of drug-likeness (QED) is 0.0524. The van der Waals surface area contributed by atoms with Gasteiger partial charge in [-0.3, -0.25) is 4.79 Å². The van der Waals surface area contributed by atoms with Crippen LogP contribution in [0.4, 0.5) is 0 Å². The van der Waals surface area contributed by atoms with Crippen LogP contribution in [0.2, 0.25) is 0 Å². The fraction of sp³-hybridized carbons (Fsp3) is 0.844. The number of ether oxygens (including phenoxy) is 4. The molecule has 0 unspecified atom stereocenters. The minimum absolute atomic E-state index is 0.0357. The van der Waals surface area contributed by atoms with Gasteiger partial charge in [-0.05, 0) is 89.7 Å². The summed E-state index contributed by atoms with van der Waals surface area (Å²) >= 11 is 1.94. The number of methoxy groups -OCH3 is 3. The first-order valence-corrected chi connectivity index (χ1v) is 23.2. The van der Waals surface area contributed by atoms with Gasteiger partial charge in [-0.25, -0.2) is 0 Å². The van der Waals surface area contributed by atoms with Gasteiger partial charge < -0.3 is 29.6 Å². The van der Waals surface area contributed by atoms with E-state index in [0.29, 0.717) is 6.42 Å². The molecule has 1 aromatic rings. The molecule has 2 N–H and O–H groups in total. The summed E-state index contributed by atoms with van der Waals surface area (Å²) in [7, 11) is 5.06. The minimum Gasteiger partial charge on any atom is -0.496 e. The third kappa shape index (κ3) is 26.7. The lowest BCUT2D eigenvalue weighted by Crippen LogP contribution is -2.28. The van der Waals surface area contributed by atoms with Crippen LogP contribution in [0.3, 0.4) is 0 Å². The lowest BCUT2D eigenvalue weighted by Gasteiger charge is -2.22. The number of thioether (sulfide) groups is 1. The van der Waals surface area contributed by atoms with Gasteiger partial charge in [-0.2, -0.15) is 11.8 Å². The number of carbonyl (C=O) groups excluding carboxylic acids is 1. The van der Waals surface area contributed by atoms with Crippen molar-refractivity contribution in [3.8, 4) is 17.2 Å². The average Bonchev–Trinajstić information content (AvgIpc) is 3.17. The molecule has 0 aromatic heterocycles. The number of unbranched alkanes of at least 4 members (excludes halogenated alkanes) is 18. The maximum atomic E-state index is 12.8. The van der Waals surface area contributed by atoms with Crippen molar-refractivity contribution in [3.05, 3.63) is 17.7 Å². The third-order valence-corrected chi connectivity index (χ3v) is 11.5. The molecule has 310 valence electrons. The maximum absolute atomic E-state index is 12.8. The van der Waals surface area contributed by atoms with Crippen LogP contribution in [0, 0.1) is 0 Å². The molecule has 1 rings (SSSR count). The first kappa shape index (κ1) is 49.4. The molecule has 0 spiro atoms. The molecule has 0 bridgehead atoms. The molecular formula is C45H84N2O5S. The predicted octanol–water partition coefficient (Wildman–Crippen LogP) is 12.3. The Hall–Kier alpha value is -1.64. The fourth-order valence-corrected chi connectivity index (χ4v) is 8.10. The van der Waals surface area contributed by atoms with E-state index in [0.717, 1.165) is 86.1 Å². The van der Waals surface area contributed by atoms with E-state index in [4.69, 9.17) is 24.7 Å². The molecule has 0 radical (unpaired) electrons. The highest BCUT2D eigenvalue weighted by molar-refractivity contribution is 7.98. The molecular weight excluding hydrogens is 681 g/mol. The number of carbonyl (C=O) groups is 1. The summed E-state index contributed by atoms with van der Waals surface area (Å²) in [6, 6.07) is 3.86. The zero-order valence-electron chi connectivity index (χ0n) is 35.3. The van der Waals surface area contributed by atoms with Gasteiger partial charge in [-0.15, -0.1) is 0 Å². The SMILES string of the molecule is CCCCCCCCC(CCCCCCCC)OC(=O)CCCCCCCN(CCCN)CCCCCCCSCc1c(OC)cc(OC)cc1OC. The van der Waals surface area contributed by atoms with Gasteiger partial charge in [0.2, 0.25) is 0 Å². The molecule has 0 saturated heterocycles. The summed E-state index contributed by atoms with van der Waals surface area (Å²) in [6.45, 7) is 8.74. The van der Waals surface area contributed by atoms with E-state index in [1.54, 1.807) is 21.3 Å². The Kier molecular flexibility index (Phi) is 33.6. The Labute approximate surface area is 332 Å². The summed E-state index contributed by atoms with van der Waals surface area (Å²) in [6.07, 6.45) is 31.5. The third-order valence-electron chi connectivity index (χ3n) is 10.4. The van der Waals surface area contributed by atoms with Gasteiger partial charge >= 0.3 is 5.97 Å². The topological polar surface area (TPSA) is 83.3 Å². The van der Waals surface area contributed by atoms with E-state index < -0.39 is 0 Å². The van der Waals surface area contributed by atoms with E-state index in [1.165, 1.54) is 135 Å². The van der Waals surface area contributed by atoms with E-state index in [-0.39, 0.29) is 12.1 Å².